The Morgan fingerprint density at radius 1 is 1.15 bits per heavy atom. The second kappa shape index (κ2) is 11.9. The summed E-state index contributed by atoms with van der Waals surface area (Å²) in [5.41, 5.74) is 0. The number of carbonyl (C=O) groups excluding carboxylic acids is 1. The van der Waals surface area contributed by atoms with E-state index in [0.717, 1.165) is 25.7 Å². The highest BCUT2D eigenvalue weighted by atomic mass is 32.3. The van der Waals surface area contributed by atoms with Crippen molar-refractivity contribution in [3.63, 3.8) is 0 Å². The molecule has 0 aromatic carbocycles. The van der Waals surface area contributed by atoms with Gasteiger partial charge >= 0.3 is 10.4 Å². The number of hydrogen-bond donors (Lipinski definition) is 2. The summed E-state index contributed by atoms with van der Waals surface area (Å²) in [6.07, 6.45) is 9.94. The summed E-state index contributed by atoms with van der Waals surface area (Å²) in [7, 11) is -4.41. The maximum Gasteiger partial charge on any atom is 0.397 e. The number of rotatable bonds is 13. The molecule has 0 atom stereocenters. The molecule has 0 radical (unpaired) electrons. The minimum atomic E-state index is -4.41. The summed E-state index contributed by atoms with van der Waals surface area (Å²) in [5.74, 6) is -0.129. The summed E-state index contributed by atoms with van der Waals surface area (Å²) < 4.78 is 32.8. The van der Waals surface area contributed by atoms with Crippen LogP contribution in [0, 0.1) is 0 Å². The van der Waals surface area contributed by atoms with Crippen LogP contribution in [0.4, 0.5) is 0 Å². The Morgan fingerprint density at radius 3 is 2.35 bits per heavy atom. The molecule has 0 bridgehead atoms. The first-order chi connectivity index (χ1) is 9.45. The number of hydrogen-bond acceptors (Lipinski definition) is 4. The third-order valence-corrected chi connectivity index (χ3v) is 3.18. The Hall–Kier alpha value is -0.920. The molecule has 0 fully saturated rings. The van der Waals surface area contributed by atoms with Gasteiger partial charge in [0.2, 0.25) is 5.91 Å². The van der Waals surface area contributed by atoms with E-state index in [1.165, 1.54) is 19.3 Å². The van der Waals surface area contributed by atoms with E-state index in [-0.39, 0.29) is 19.1 Å². The molecule has 0 saturated heterocycles. The summed E-state index contributed by atoms with van der Waals surface area (Å²) in [5, 5.41) is 2.52. The average molecular weight is 307 g/mol. The van der Waals surface area contributed by atoms with Crippen molar-refractivity contribution in [1.29, 1.82) is 0 Å². The van der Waals surface area contributed by atoms with Crippen LogP contribution < -0.4 is 5.32 Å². The van der Waals surface area contributed by atoms with E-state index in [2.05, 4.69) is 16.1 Å². The molecular weight excluding hydrogens is 282 g/mol. The van der Waals surface area contributed by atoms with E-state index in [9.17, 15) is 13.2 Å². The molecule has 0 spiro atoms. The molecule has 0 heterocycles. The minimum absolute atomic E-state index is 0.0696. The molecule has 0 aliphatic carbocycles. The van der Waals surface area contributed by atoms with Gasteiger partial charge < -0.3 is 5.32 Å². The van der Waals surface area contributed by atoms with Crippen LogP contribution in [0.25, 0.3) is 0 Å². The predicted octanol–water partition coefficient (Wildman–Crippen LogP) is 2.23. The summed E-state index contributed by atoms with van der Waals surface area (Å²) in [6, 6.07) is 0. The van der Waals surface area contributed by atoms with Crippen molar-refractivity contribution in [3.05, 3.63) is 12.7 Å². The summed E-state index contributed by atoms with van der Waals surface area (Å²) >= 11 is 0. The Bertz CT molecular complexity index is 367. The number of amides is 1. The van der Waals surface area contributed by atoms with Gasteiger partial charge in [-0.25, -0.2) is 4.18 Å². The highest BCUT2D eigenvalue weighted by Gasteiger charge is 2.05. The van der Waals surface area contributed by atoms with Gasteiger partial charge in [-0.15, -0.1) is 6.58 Å². The lowest BCUT2D eigenvalue weighted by Crippen LogP contribution is -2.27. The molecule has 20 heavy (non-hydrogen) atoms. The van der Waals surface area contributed by atoms with E-state index in [0.29, 0.717) is 6.42 Å². The fraction of sp³-hybridized carbons (Fsp3) is 0.769. The smallest absolute Gasteiger partial charge is 0.354 e. The number of allylic oxidation sites excluding steroid dienone is 1. The van der Waals surface area contributed by atoms with Crippen molar-refractivity contribution in [2.75, 3.05) is 13.2 Å². The van der Waals surface area contributed by atoms with Gasteiger partial charge in [0, 0.05) is 13.0 Å². The number of nitrogens with one attached hydrogen (secondary N) is 1. The van der Waals surface area contributed by atoms with Crippen molar-refractivity contribution in [3.8, 4) is 0 Å². The largest absolute Gasteiger partial charge is 0.397 e. The van der Waals surface area contributed by atoms with Crippen molar-refractivity contribution in [2.24, 2.45) is 0 Å². The average Bonchev–Trinajstić information content (AvgIpc) is 2.37. The molecule has 0 aromatic heterocycles. The van der Waals surface area contributed by atoms with Crippen LogP contribution in [0.5, 0.6) is 0 Å². The van der Waals surface area contributed by atoms with Crippen molar-refractivity contribution >= 4 is 16.3 Å². The molecule has 0 aliphatic rings. The van der Waals surface area contributed by atoms with E-state index < -0.39 is 10.4 Å². The Kier molecular flexibility index (Phi) is 11.3. The minimum Gasteiger partial charge on any atom is -0.354 e. The molecule has 118 valence electrons. The Morgan fingerprint density at radius 2 is 1.75 bits per heavy atom. The molecule has 1 amide bonds. The van der Waals surface area contributed by atoms with Crippen LogP contribution in [0.1, 0.15) is 51.4 Å². The standard InChI is InChI=1S/C13H25NO5S/c1-2-3-4-5-6-7-8-9-10-13(15)14-11-12-19-20(16,17)18/h2H,1,3-12H2,(H,14,15)(H,16,17,18). The second-order valence-corrected chi connectivity index (χ2v) is 5.64. The first kappa shape index (κ1) is 19.1. The Balaban J connectivity index is 3.30. The first-order valence-electron chi connectivity index (χ1n) is 6.95. The monoisotopic (exact) mass is 307 g/mol. The van der Waals surface area contributed by atoms with E-state index in [1.807, 2.05) is 6.08 Å². The normalized spacial score (nSPS) is 11.2. The van der Waals surface area contributed by atoms with Gasteiger partial charge in [-0.3, -0.25) is 9.35 Å². The molecular formula is C13H25NO5S. The SMILES string of the molecule is C=CCCCCCCCCC(=O)NCCOS(=O)(=O)O. The van der Waals surface area contributed by atoms with Crippen LogP contribution in [0.15, 0.2) is 12.7 Å². The van der Waals surface area contributed by atoms with Crippen LogP contribution >= 0.6 is 0 Å². The van der Waals surface area contributed by atoms with Crippen LogP contribution in [-0.2, 0) is 19.4 Å². The second-order valence-electron chi connectivity index (χ2n) is 4.55. The Labute approximate surface area is 121 Å². The van der Waals surface area contributed by atoms with Crippen LogP contribution in [0.3, 0.4) is 0 Å². The quantitative estimate of drug-likeness (QED) is 0.309. The molecule has 0 saturated carbocycles. The maximum absolute atomic E-state index is 11.4. The highest BCUT2D eigenvalue weighted by molar-refractivity contribution is 7.80. The maximum atomic E-state index is 11.4. The zero-order valence-electron chi connectivity index (χ0n) is 11.8. The number of carbonyl (C=O) groups is 1. The molecule has 6 nitrogen and oxygen atoms in total. The van der Waals surface area contributed by atoms with Crippen LogP contribution in [0.2, 0.25) is 0 Å². The number of unbranched alkanes of at least 4 members (excludes halogenated alkanes) is 6. The lowest BCUT2D eigenvalue weighted by molar-refractivity contribution is -0.121. The third-order valence-electron chi connectivity index (χ3n) is 2.72. The van der Waals surface area contributed by atoms with Crippen molar-refractivity contribution < 1.29 is 21.9 Å². The molecule has 2 N–H and O–H groups in total. The molecule has 0 aliphatic heterocycles. The van der Waals surface area contributed by atoms with Gasteiger partial charge in [-0.05, 0) is 19.3 Å². The van der Waals surface area contributed by atoms with Crippen molar-refractivity contribution in [1.82, 2.24) is 5.32 Å². The fourth-order valence-electron chi connectivity index (χ4n) is 1.71. The van der Waals surface area contributed by atoms with Crippen LogP contribution in [-0.4, -0.2) is 32.0 Å². The molecule has 7 heteroatoms. The van der Waals surface area contributed by atoms with Gasteiger partial charge in [0.15, 0.2) is 0 Å². The summed E-state index contributed by atoms with van der Waals surface area (Å²) in [4.78, 5) is 11.4. The lowest BCUT2D eigenvalue weighted by Gasteiger charge is -2.04. The van der Waals surface area contributed by atoms with Gasteiger partial charge in [-0.1, -0.05) is 31.8 Å². The van der Waals surface area contributed by atoms with E-state index >= 15 is 0 Å². The van der Waals surface area contributed by atoms with E-state index in [4.69, 9.17) is 4.55 Å². The van der Waals surface area contributed by atoms with Gasteiger partial charge in [-0.2, -0.15) is 8.42 Å². The summed E-state index contributed by atoms with van der Waals surface area (Å²) in [6.45, 7) is 3.48. The first-order valence-corrected chi connectivity index (χ1v) is 8.31. The third kappa shape index (κ3) is 15.1. The van der Waals surface area contributed by atoms with E-state index in [1.54, 1.807) is 0 Å². The van der Waals surface area contributed by atoms with Crippen molar-refractivity contribution in [2.45, 2.75) is 51.4 Å². The van der Waals surface area contributed by atoms with Gasteiger partial charge in [0.05, 0.1) is 6.61 Å². The molecule has 0 aromatic rings. The lowest BCUT2D eigenvalue weighted by atomic mass is 10.1. The predicted molar refractivity (Wildman–Crippen MR) is 77.6 cm³/mol. The zero-order chi connectivity index (χ0) is 15.3. The fourth-order valence-corrected chi connectivity index (χ4v) is 2.00. The highest BCUT2D eigenvalue weighted by Crippen LogP contribution is 2.08. The van der Waals surface area contributed by atoms with Gasteiger partial charge in [0.25, 0.3) is 0 Å². The topological polar surface area (TPSA) is 92.7 Å². The zero-order valence-corrected chi connectivity index (χ0v) is 12.7. The van der Waals surface area contributed by atoms with Gasteiger partial charge in [0.1, 0.15) is 0 Å². The molecule has 0 rings (SSSR count). The molecule has 0 unspecified atom stereocenters.